The summed E-state index contributed by atoms with van der Waals surface area (Å²) < 4.78 is 15.3. The number of rotatable bonds is 2. The van der Waals surface area contributed by atoms with Crippen molar-refractivity contribution in [3.05, 3.63) is 55.3 Å². The van der Waals surface area contributed by atoms with Crippen LogP contribution in [0, 0.1) is 5.82 Å². The first kappa shape index (κ1) is 10.6. The van der Waals surface area contributed by atoms with Crippen molar-refractivity contribution in [1.82, 2.24) is 4.57 Å². The van der Waals surface area contributed by atoms with Crippen LogP contribution in [0.5, 0.6) is 0 Å². The Morgan fingerprint density at radius 1 is 1.40 bits per heavy atom. The quantitative estimate of drug-likeness (QED) is 0.833. The minimum atomic E-state index is -0.303. The topological polar surface area (TPSA) is 22.0 Å². The van der Waals surface area contributed by atoms with Gasteiger partial charge >= 0.3 is 4.87 Å². The number of hydrogen-bond acceptors (Lipinski definition) is 2. The highest BCUT2D eigenvalue weighted by atomic mass is 79.9. The van der Waals surface area contributed by atoms with Crippen molar-refractivity contribution in [2.45, 2.75) is 6.54 Å². The van der Waals surface area contributed by atoms with Crippen LogP contribution in [0.2, 0.25) is 0 Å². The van der Waals surface area contributed by atoms with Crippen LogP contribution in [0.4, 0.5) is 4.39 Å². The normalized spacial score (nSPS) is 10.5. The summed E-state index contributed by atoms with van der Waals surface area (Å²) in [6, 6.07) is 4.61. The Morgan fingerprint density at radius 2 is 2.20 bits per heavy atom. The second-order valence-corrected chi connectivity index (χ2v) is 4.85. The van der Waals surface area contributed by atoms with Crippen molar-refractivity contribution in [1.29, 1.82) is 0 Å². The summed E-state index contributed by atoms with van der Waals surface area (Å²) in [5.74, 6) is -0.303. The molecule has 2 aromatic rings. The zero-order valence-electron chi connectivity index (χ0n) is 7.61. The molecule has 1 aromatic heterocycles. The van der Waals surface area contributed by atoms with Crippen LogP contribution in [-0.2, 0) is 6.54 Å². The highest BCUT2D eigenvalue weighted by Crippen LogP contribution is 2.15. The van der Waals surface area contributed by atoms with Gasteiger partial charge in [0.05, 0.1) is 6.54 Å². The number of benzene rings is 1. The van der Waals surface area contributed by atoms with E-state index in [-0.39, 0.29) is 10.7 Å². The molecule has 0 bridgehead atoms. The molecule has 0 saturated heterocycles. The Kier molecular flexibility index (Phi) is 3.02. The van der Waals surface area contributed by atoms with Gasteiger partial charge in [0.2, 0.25) is 0 Å². The Hall–Kier alpha value is -0.940. The number of halogens is 2. The van der Waals surface area contributed by atoms with Gasteiger partial charge in [0.1, 0.15) is 5.82 Å². The molecule has 2 rings (SSSR count). The van der Waals surface area contributed by atoms with Crippen LogP contribution in [0.15, 0.2) is 39.0 Å². The second-order valence-electron chi connectivity index (χ2n) is 3.07. The van der Waals surface area contributed by atoms with Crippen molar-refractivity contribution >= 4 is 27.3 Å². The van der Waals surface area contributed by atoms with E-state index >= 15 is 0 Å². The third-order valence-corrected chi connectivity index (χ3v) is 3.07. The highest BCUT2D eigenvalue weighted by molar-refractivity contribution is 9.10. The summed E-state index contributed by atoms with van der Waals surface area (Å²) in [5, 5.41) is 1.72. The van der Waals surface area contributed by atoms with Crippen molar-refractivity contribution in [2.75, 3.05) is 0 Å². The lowest BCUT2D eigenvalue weighted by Gasteiger charge is -2.02. The third kappa shape index (κ3) is 2.54. The molecular formula is C10H7BrFNOS. The maximum atomic E-state index is 13.0. The fraction of sp³-hybridized carbons (Fsp3) is 0.100. The molecule has 1 aromatic carbocycles. The molecule has 15 heavy (non-hydrogen) atoms. The SMILES string of the molecule is O=c1sccn1Cc1cc(F)cc(Br)c1. The molecule has 0 aliphatic rings. The highest BCUT2D eigenvalue weighted by Gasteiger charge is 2.02. The lowest BCUT2D eigenvalue weighted by atomic mass is 10.2. The van der Waals surface area contributed by atoms with Crippen molar-refractivity contribution in [3.8, 4) is 0 Å². The molecular weight excluding hydrogens is 281 g/mol. The average Bonchev–Trinajstić information content (AvgIpc) is 2.50. The van der Waals surface area contributed by atoms with Gasteiger partial charge in [-0.05, 0) is 23.8 Å². The largest absolute Gasteiger partial charge is 0.307 e. The number of thiazole rings is 1. The van der Waals surface area contributed by atoms with Gasteiger partial charge in [-0.3, -0.25) is 4.79 Å². The van der Waals surface area contributed by atoms with E-state index in [4.69, 9.17) is 0 Å². The average molecular weight is 288 g/mol. The van der Waals surface area contributed by atoms with Crippen LogP contribution < -0.4 is 4.87 Å². The summed E-state index contributed by atoms with van der Waals surface area (Å²) in [6.45, 7) is 0.401. The summed E-state index contributed by atoms with van der Waals surface area (Å²) in [5.41, 5.74) is 0.766. The molecule has 0 unspecified atom stereocenters. The molecule has 0 saturated carbocycles. The molecule has 0 amide bonds. The molecule has 0 spiro atoms. The Morgan fingerprint density at radius 3 is 2.80 bits per heavy atom. The van der Waals surface area contributed by atoms with Gasteiger partial charge in [0.15, 0.2) is 0 Å². The van der Waals surface area contributed by atoms with E-state index in [0.29, 0.717) is 11.0 Å². The second kappa shape index (κ2) is 4.28. The van der Waals surface area contributed by atoms with Crippen LogP contribution in [0.1, 0.15) is 5.56 Å². The first-order valence-electron chi connectivity index (χ1n) is 4.24. The van der Waals surface area contributed by atoms with Gasteiger partial charge < -0.3 is 4.57 Å². The first-order valence-corrected chi connectivity index (χ1v) is 5.91. The summed E-state index contributed by atoms with van der Waals surface area (Å²) >= 11 is 4.34. The summed E-state index contributed by atoms with van der Waals surface area (Å²) in [6.07, 6.45) is 1.70. The minimum absolute atomic E-state index is 0.0321. The molecule has 78 valence electrons. The maximum absolute atomic E-state index is 13.0. The van der Waals surface area contributed by atoms with E-state index in [0.717, 1.165) is 16.9 Å². The molecule has 0 aliphatic heterocycles. The molecule has 0 fully saturated rings. The smallest absolute Gasteiger partial charge is 0.302 e. The monoisotopic (exact) mass is 287 g/mol. The van der Waals surface area contributed by atoms with E-state index in [1.165, 1.54) is 12.1 Å². The predicted molar refractivity (Wildman–Crippen MR) is 61.8 cm³/mol. The molecule has 1 heterocycles. The molecule has 2 nitrogen and oxygen atoms in total. The van der Waals surface area contributed by atoms with E-state index in [2.05, 4.69) is 15.9 Å². The Balaban J connectivity index is 2.32. The van der Waals surface area contributed by atoms with Gasteiger partial charge in [0.25, 0.3) is 0 Å². The molecule has 0 N–H and O–H groups in total. The fourth-order valence-corrected chi connectivity index (χ4v) is 2.40. The van der Waals surface area contributed by atoms with Crippen LogP contribution in [-0.4, -0.2) is 4.57 Å². The minimum Gasteiger partial charge on any atom is -0.302 e. The first-order chi connectivity index (χ1) is 7.15. The van der Waals surface area contributed by atoms with Crippen LogP contribution in [0.25, 0.3) is 0 Å². The molecule has 0 radical (unpaired) electrons. The standard InChI is InChI=1S/C10H7BrFNOS/c11-8-3-7(4-9(12)5-8)6-13-1-2-15-10(13)14/h1-5H,6H2. The van der Waals surface area contributed by atoms with Crippen molar-refractivity contribution in [2.24, 2.45) is 0 Å². The maximum Gasteiger partial charge on any atom is 0.307 e. The van der Waals surface area contributed by atoms with E-state index < -0.39 is 0 Å². The third-order valence-electron chi connectivity index (χ3n) is 1.92. The van der Waals surface area contributed by atoms with Crippen LogP contribution in [0.3, 0.4) is 0 Å². The van der Waals surface area contributed by atoms with Gasteiger partial charge in [0, 0.05) is 16.0 Å². The number of nitrogens with zero attached hydrogens (tertiary/aromatic N) is 1. The predicted octanol–water partition coefficient (Wildman–Crippen LogP) is 2.86. The number of hydrogen-bond donors (Lipinski definition) is 0. The fourth-order valence-electron chi connectivity index (χ4n) is 1.31. The molecule has 5 heteroatoms. The van der Waals surface area contributed by atoms with E-state index in [9.17, 15) is 9.18 Å². The Labute approximate surface area is 98.1 Å². The van der Waals surface area contributed by atoms with E-state index in [1.807, 2.05) is 0 Å². The summed E-state index contributed by atoms with van der Waals surface area (Å²) in [4.78, 5) is 11.2. The number of aromatic nitrogens is 1. The van der Waals surface area contributed by atoms with Gasteiger partial charge in [-0.2, -0.15) is 0 Å². The van der Waals surface area contributed by atoms with E-state index in [1.54, 1.807) is 22.2 Å². The lowest BCUT2D eigenvalue weighted by molar-refractivity contribution is 0.622. The van der Waals surface area contributed by atoms with Crippen molar-refractivity contribution < 1.29 is 4.39 Å². The lowest BCUT2D eigenvalue weighted by Crippen LogP contribution is -2.12. The van der Waals surface area contributed by atoms with Gasteiger partial charge in [-0.1, -0.05) is 27.3 Å². The zero-order chi connectivity index (χ0) is 10.8. The zero-order valence-corrected chi connectivity index (χ0v) is 10.0. The molecule has 0 atom stereocenters. The molecule has 0 aliphatic carbocycles. The van der Waals surface area contributed by atoms with Crippen molar-refractivity contribution in [3.63, 3.8) is 0 Å². The van der Waals surface area contributed by atoms with Crippen LogP contribution >= 0.6 is 27.3 Å². The van der Waals surface area contributed by atoms with Gasteiger partial charge in [-0.15, -0.1) is 0 Å². The van der Waals surface area contributed by atoms with Gasteiger partial charge in [-0.25, -0.2) is 4.39 Å². The Bertz CT molecular complexity index is 514. The summed E-state index contributed by atoms with van der Waals surface area (Å²) in [7, 11) is 0.